The van der Waals surface area contributed by atoms with Gasteiger partial charge in [0.25, 0.3) is 6.47 Å². The van der Waals surface area contributed by atoms with Gasteiger partial charge in [-0.25, -0.2) is 0 Å². The standard InChI is InChI=1S/C9H9I2NO2/c10-5-12(6-11)8-1-3-9(4-2-8)14-7-13/h1-4,7H,5-6H2. The van der Waals surface area contributed by atoms with Gasteiger partial charge in [0.15, 0.2) is 0 Å². The number of carbonyl (C=O) groups is 1. The first kappa shape index (κ1) is 12.0. The first-order chi connectivity index (χ1) is 6.81. The monoisotopic (exact) mass is 417 g/mol. The summed E-state index contributed by atoms with van der Waals surface area (Å²) in [7, 11) is 0. The minimum atomic E-state index is 0.434. The molecule has 0 atom stereocenters. The molecule has 1 aromatic carbocycles. The highest BCUT2D eigenvalue weighted by Gasteiger charge is 2.02. The predicted octanol–water partition coefficient (Wildman–Crippen LogP) is 2.81. The van der Waals surface area contributed by atoms with Crippen LogP contribution >= 0.6 is 45.2 Å². The summed E-state index contributed by atoms with van der Waals surface area (Å²) in [6.45, 7) is 0.434. The van der Waals surface area contributed by atoms with Crippen LogP contribution in [0.25, 0.3) is 0 Å². The van der Waals surface area contributed by atoms with Crippen LogP contribution in [0.15, 0.2) is 24.3 Å². The van der Waals surface area contributed by atoms with Gasteiger partial charge in [-0.05, 0) is 24.3 Å². The molecular weight excluding hydrogens is 408 g/mol. The average molecular weight is 417 g/mol. The summed E-state index contributed by atoms with van der Waals surface area (Å²) in [6, 6.07) is 7.46. The smallest absolute Gasteiger partial charge is 0.298 e. The Bertz CT molecular complexity index is 285. The van der Waals surface area contributed by atoms with E-state index in [2.05, 4.69) is 50.1 Å². The molecule has 1 rings (SSSR count). The predicted molar refractivity (Wildman–Crippen MR) is 73.4 cm³/mol. The molecule has 1 aromatic rings. The normalized spacial score (nSPS) is 9.57. The van der Waals surface area contributed by atoms with Gasteiger partial charge < -0.3 is 9.64 Å². The molecule has 0 aliphatic rings. The van der Waals surface area contributed by atoms with E-state index in [0.29, 0.717) is 12.2 Å². The number of benzene rings is 1. The molecule has 0 heterocycles. The fourth-order valence-corrected chi connectivity index (χ4v) is 3.15. The molecule has 0 bridgehead atoms. The molecular formula is C9H9I2NO2. The van der Waals surface area contributed by atoms with Gasteiger partial charge in [-0.3, -0.25) is 4.79 Å². The third kappa shape index (κ3) is 3.26. The van der Waals surface area contributed by atoms with Crippen molar-refractivity contribution >= 4 is 57.3 Å². The van der Waals surface area contributed by atoms with Crippen molar-refractivity contribution in [3.8, 4) is 5.75 Å². The maximum atomic E-state index is 10.1. The Hall–Kier alpha value is -0.0500. The van der Waals surface area contributed by atoms with E-state index in [1.807, 2.05) is 12.1 Å². The summed E-state index contributed by atoms with van der Waals surface area (Å²) in [5.41, 5.74) is 1.13. The number of rotatable bonds is 5. The Morgan fingerprint density at radius 2 is 1.79 bits per heavy atom. The summed E-state index contributed by atoms with van der Waals surface area (Å²) in [5, 5.41) is 0. The molecule has 0 spiro atoms. The van der Waals surface area contributed by atoms with Gasteiger partial charge in [0.1, 0.15) is 5.75 Å². The van der Waals surface area contributed by atoms with Crippen LogP contribution in [0.5, 0.6) is 5.75 Å². The number of anilines is 1. The van der Waals surface area contributed by atoms with Crippen LogP contribution in [-0.4, -0.2) is 15.6 Å². The zero-order valence-electron chi connectivity index (χ0n) is 7.32. The van der Waals surface area contributed by atoms with Crippen LogP contribution < -0.4 is 9.64 Å². The molecule has 0 saturated carbocycles. The van der Waals surface area contributed by atoms with Crippen molar-refractivity contribution in [2.45, 2.75) is 0 Å². The molecule has 0 radical (unpaired) electrons. The van der Waals surface area contributed by atoms with E-state index in [1.165, 1.54) is 0 Å². The second-order valence-corrected chi connectivity index (χ2v) is 3.85. The number of carbonyl (C=O) groups excluding carboxylic acids is 1. The van der Waals surface area contributed by atoms with E-state index in [1.54, 1.807) is 12.1 Å². The number of hydrogen-bond acceptors (Lipinski definition) is 3. The number of ether oxygens (including phenoxy) is 1. The topological polar surface area (TPSA) is 29.5 Å². The van der Waals surface area contributed by atoms with Crippen molar-refractivity contribution in [1.29, 1.82) is 0 Å². The van der Waals surface area contributed by atoms with Gasteiger partial charge in [-0.15, -0.1) is 0 Å². The first-order valence-corrected chi connectivity index (χ1v) is 6.94. The maximum absolute atomic E-state index is 10.1. The molecule has 0 aliphatic carbocycles. The Morgan fingerprint density at radius 1 is 1.21 bits per heavy atom. The SMILES string of the molecule is O=COc1ccc(N(CI)CI)cc1. The molecule has 14 heavy (non-hydrogen) atoms. The Labute approximate surface area is 110 Å². The van der Waals surface area contributed by atoms with Gasteiger partial charge in [0.05, 0.1) is 9.10 Å². The summed E-state index contributed by atoms with van der Waals surface area (Å²) < 4.78 is 6.58. The van der Waals surface area contributed by atoms with Crippen LogP contribution in [0.4, 0.5) is 5.69 Å². The lowest BCUT2D eigenvalue weighted by molar-refractivity contribution is -0.120. The second-order valence-electron chi connectivity index (χ2n) is 2.49. The van der Waals surface area contributed by atoms with Crippen molar-refractivity contribution < 1.29 is 9.53 Å². The lowest BCUT2D eigenvalue weighted by Crippen LogP contribution is -2.17. The molecule has 0 saturated heterocycles. The van der Waals surface area contributed by atoms with E-state index in [-0.39, 0.29) is 0 Å². The summed E-state index contributed by atoms with van der Waals surface area (Å²) in [6.07, 6.45) is 0. The Balaban J connectivity index is 2.76. The Morgan fingerprint density at radius 3 is 2.21 bits per heavy atom. The molecule has 0 amide bonds. The summed E-state index contributed by atoms with van der Waals surface area (Å²) >= 11 is 4.62. The fraction of sp³-hybridized carbons (Fsp3) is 0.222. The molecule has 76 valence electrons. The largest absolute Gasteiger partial charge is 0.429 e. The molecule has 0 unspecified atom stereocenters. The van der Waals surface area contributed by atoms with Crippen LogP contribution in [0.1, 0.15) is 0 Å². The summed E-state index contributed by atoms with van der Waals surface area (Å²) in [4.78, 5) is 12.3. The van der Waals surface area contributed by atoms with E-state index in [0.717, 1.165) is 14.8 Å². The van der Waals surface area contributed by atoms with Crippen molar-refractivity contribution in [3.05, 3.63) is 24.3 Å². The minimum absolute atomic E-state index is 0.434. The highest BCUT2D eigenvalue weighted by molar-refractivity contribution is 14.1. The fourth-order valence-electron chi connectivity index (χ4n) is 0.961. The van der Waals surface area contributed by atoms with Gasteiger partial charge >= 0.3 is 0 Å². The van der Waals surface area contributed by atoms with Gasteiger partial charge in [-0.2, -0.15) is 0 Å². The molecule has 0 aliphatic heterocycles. The van der Waals surface area contributed by atoms with Crippen molar-refractivity contribution in [1.82, 2.24) is 0 Å². The van der Waals surface area contributed by atoms with Crippen LogP contribution in [0, 0.1) is 0 Å². The minimum Gasteiger partial charge on any atom is -0.429 e. The van der Waals surface area contributed by atoms with E-state index < -0.39 is 0 Å². The van der Waals surface area contributed by atoms with E-state index in [9.17, 15) is 4.79 Å². The van der Waals surface area contributed by atoms with Crippen LogP contribution in [-0.2, 0) is 4.79 Å². The van der Waals surface area contributed by atoms with Gasteiger partial charge in [0, 0.05) is 5.69 Å². The quantitative estimate of drug-likeness (QED) is 0.320. The van der Waals surface area contributed by atoms with Crippen molar-refractivity contribution in [3.63, 3.8) is 0 Å². The molecule has 0 aromatic heterocycles. The number of hydrogen-bond donors (Lipinski definition) is 0. The third-order valence-electron chi connectivity index (χ3n) is 1.67. The zero-order valence-corrected chi connectivity index (χ0v) is 11.6. The Kier molecular flexibility index (Phi) is 5.53. The highest BCUT2D eigenvalue weighted by Crippen LogP contribution is 2.20. The first-order valence-electron chi connectivity index (χ1n) is 3.89. The number of nitrogens with zero attached hydrogens (tertiary/aromatic N) is 1. The maximum Gasteiger partial charge on any atom is 0.298 e. The van der Waals surface area contributed by atoms with Crippen LogP contribution in [0.3, 0.4) is 0 Å². The lowest BCUT2D eigenvalue weighted by atomic mass is 10.3. The molecule has 0 fully saturated rings. The molecule has 3 nitrogen and oxygen atoms in total. The van der Waals surface area contributed by atoms with Crippen molar-refractivity contribution in [2.75, 3.05) is 14.0 Å². The number of halogens is 2. The lowest BCUT2D eigenvalue weighted by Gasteiger charge is -2.18. The third-order valence-corrected chi connectivity index (χ3v) is 3.32. The second kappa shape index (κ2) is 6.44. The number of alkyl halides is 2. The van der Waals surface area contributed by atoms with E-state index >= 15 is 0 Å². The van der Waals surface area contributed by atoms with Crippen molar-refractivity contribution in [2.24, 2.45) is 0 Å². The van der Waals surface area contributed by atoms with Gasteiger partial charge in [0.2, 0.25) is 0 Å². The molecule has 0 N–H and O–H groups in total. The van der Waals surface area contributed by atoms with Gasteiger partial charge in [-0.1, -0.05) is 45.2 Å². The van der Waals surface area contributed by atoms with Crippen LogP contribution in [0.2, 0.25) is 0 Å². The highest BCUT2D eigenvalue weighted by atomic mass is 127. The average Bonchev–Trinajstić information content (AvgIpc) is 2.23. The van der Waals surface area contributed by atoms with E-state index in [4.69, 9.17) is 4.74 Å². The molecule has 5 heteroatoms. The summed E-state index contributed by atoms with van der Waals surface area (Å²) in [5.74, 6) is 0.575. The zero-order chi connectivity index (χ0) is 10.4.